The van der Waals surface area contributed by atoms with Crippen LogP contribution >= 0.6 is 0 Å². The van der Waals surface area contributed by atoms with Gasteiger partial charge in [0.1, 0.15) is 0 Å². The lowest BCUT2D eigenvalue weighted by molar-refractivity contribution is -0.121. The Morgan fingerprint density at radius 1 is 1.47 bits per heavy atom. The molecule has 1 unspecified atom stereocenters. The zero-order valence-electron chi connectivity index (χ0n) is 9.81. The summed E-state index contributed by atoms with van der Waals surface area (Å²) in [5.41, 5.74) is 5.43. The van der Waals surface area contributed by atoms with E-state index in [4.69, 9.17) is 5.73 Å². The van der Waals surface area contributed by atoms with Gasteiger partial charge in [0.25, 0.3) is 0 Å². The fourth-order valence-electron chi connectivity index (χ4n) is 1.28. The van der Waals surface area contributed by atoms with Gasteiger partial charge in [-0.2, -0.15) is 0 Å². The molecule has 3 nitrogen and oxygen atoms in total. The van der Waals surface area contributed by atoms with E-state index in [1.165, 1.54) is 0 Å². The van der Waals surface area contributed by atoms with Crippen LogP contribution in [0.2, 0.25) is 0 Å². The Hall–Kier alpha value is -1.01. The van der Waals surface area contributed by atoms with Gasteiger partial charge in [0, 0.05) is 19.4 Å². The van der Waals surface area contributed by atoms with E-state index in [1.54, 1.807) is 6.92 Å². The van der Waals surface area contributed by atoms with E-state index in [1.807, 2.05) is 0 Å². The van der Waals surface area contributed by atoms with Gasteiger partial charge in [0.15, 0.2) is 0 Å². The van der Waals surface area contributed by atoms with Crippen LogP contribution in [0.1, 0.15) is 39.5 Å². The first-order valence-corrected chi connectivity index (χ1v) is 5.57. The van der Waals surface area contributed by atoms with E-state index in [2.05, 4.69) is 24.1 Å². The molecule has 0 spiro atoms. The number of rotatable bonds is 7. The third kappa shape index (κ3) is 9.30. The first-order valence-electron chi connectivity index (χ1n) is 5.57. The molecule has 0 aliphatic heterocycles. The fourth-order valence-corrected chi connectivity index (χ4v) is 1.28. The maximum Gasteiger partial charge on any atom is 0.220 e. The first kappa shape index (κ1) is 14.0. The van der Waals surface area contributed by atoms with Crippen LogP contribution in [-0.4, -0.2) is 19.0 Å². The predicted molar refractivity (Wildman–Crippen MR) is 63.1 cm³/mol. The molecule has 0 aliphatic carbocycles. The van der Waals surface area contributed by atoms with Crippen LogP contribution in [0.5, 0.6) is 0 Å². The number of hydrogen-bond acceptors (Lipinski definition) is 2. The Morgan fingerprint density at radius 3 is 2.80 bits per heavy atom. The van der Waals surface area contributed by atoms with Crippen LogP contribution in [0.15, 0.2) is 0 Å². The highest BCUT2D eigenvalue weighted by Crippen LogP contribution is 2.08. The van der Waals surface area contributed by atoms with Gasteiger partial charge >= 0.3 is 0 Å². The van der Waals surface area contributed by atoms with Crippen LogP contribution in [0.4, 0.5) is 0 Å². The molecule has 0 bridgehead atoms. The molecule has 0 aromatic carbocycles. The van der Waals surface area contributed by atoms with Crippen LogP contribution in [0, 0.1) is 17.8 Å². The minimum absolute atomic E-state index is 0.122. The summed E-state index contributed by atoms with van der Waals surface area (Å²) in [6.45, 7) is 5.29. The molecule has 0 fully saturated rings. The second-order valence-electron chi connectivity index (χ2n) is 3.75. The first-order chi connectivity index (χ1) is 7.20. The minimum atomic E-state index is 0.122. The highest BCUT2D eigenvalue weighted by Gasteiger charge is 2.05. The van der Waals surface area contributed by atoms with Crippen molar-refractivity contribution in [3.8, 4) is 11.8 Å². The number of amides is 1. The van der Waals surface area contributed by atoms with Crippen molar-refractivity contribution in [1.82, 2.24) is 5.32 Å². The van der Waals surface area contributed by atoms with Gasteiger partial charge in [0.2, 0.25) is 5.91 Å². The summed E-state index contributed by atoms with van der Waals surface area (Å²) in [5, 5.41) is 2.84. The lowest BCUT2D eigenvalue weighted by Crippen LogP contribution is -2.24. The number of carbonyl (C=O) groups excluding carboxylic acids is 1. The molecule has 0 saturated carbocycles. The monoisotopic (exact) mass is 210 g/mol. The zero-order chi connectivity index (χ0) is 11.5. The van der Waals surface area contributed by atoms with Crippen molar-refractivity contribution in [2.75, 3.05) is 13.1 Å². The quantitative estimate of drug-likeness (QED) is 0.491. The molecule has 0 rings (SSSR count). The Bertz CT molecular complexity index is 228. The molecule has 0 radical (unpaired) electrons. The Kier molecular flexibility index (Phi) is 8.90. The smallest absolute Gasteiger partial charge is 0.220 e. The van der Waals surface area contributed by atoms with Gasteiger partial charge in [-0.3, -0.25) is 4.79 Å². The maximum atomic E-state index is 11.3. The van der Waals surface area contributed by atoms with Gasteiger partial charge in [0.05, 0.1) is 0 Å². The van der Waals surface area contributed by atoms with Gasteiger partial charge < -0.3 is 11.1 Å². The van der Waals surface area contributed by atoms with Crippen molar-refractivity contribution in [2.45, 2.75) is 39.5 Å². The Labute approximate surface area is 92.8 Å². The molecule has 0 aliphatic rings. The molecule has 0 heterocycles. The SMILES string of the molecule is CC#CCCNC(=O)CCC(C)CCN. The normalized spacial score (nSPS) is 11.4. The Morgan fingerprint density at radius 2 is 2.20 bits per heavy atom. The summed E-state index contributed by atoms with van der Waals surface area (Å²) >= 11 is 0. The summed E-state index contributed by atoms with van der Waals surface area (Å²) in [5.74, 6) is 6.36. The lowest BCUT2D eigenvalue weighted by atomic mass is 10.0. The number of hydrogen-bond donors (Lipinski definition) is 2. The van der Waals surface area contributed by atoms with Crippen LogP contribution in [0.25, 0.3) is 0 Å². The van der Waals surface area contributed by atoms with Crippen molar-refractivity contribution in [3.63, 3.8) is 0 Å². The summed E-state index contributed by atoms with van der Waals surface area (Å²) in [6.07, 6.45) is 3.25. The van der Waals surface area contributed by atoms with E-state index in [-0.39, 0.29) is 5.91 Å². The lowest BCUT2D eigenvalue weighted by Gasteiger charge is -2.09. The van der Waals surface area contributed by atoms with Gasteiger partial charge in [-0.25, -0.2) is 0 Å². The molecule has 0 aromatic rings. The average molecular weight is 210 g/mol. The largest absolute Gasteiger partial charge is 0.355 e. The van der Waals surface area contributed by atoms with Crippen molar-refractivity contribution in [1.29, 1.82) is 0 Å². The van der Waals surface area contributed by atoms with E-state index in [0.29, 0.717) is 25.4 Å². The summed E-state index contributed by atoms with van der Waals surface area (Å²) in [4.78, 5) is 11.3. The third-order valence-corrected chi connectivity index (χ3v) is 2.27. The molecule has 3 heteroatoms. The van der Waals surface area contributed by atoms with Crippen LogP contribution in [-0.2, 0) is 4.79 Å². The van der Waals surface area contributed by atoms with E-state index >= 15 is 0 Å². The Balaban J connectivity index is 3.43. The number of nitrogens with two attached hydrogens (primary N) is 1. The highest BCUT2D eigenvalue weighted by molar-refractivity contribution is 5.75. The van der Waals surface area contributed by atoms with E-state index in [9.17, 15) is 4.79 Å². The molecular formula is C12H22N2O. The summed E-state index contributed by atoms with van der Waals surface area (Å²) < 4.78 is 0. The molecule has 3 N–H and O–H groups in total. The van der Waals surface area contributed by atoms with E-state index < -0.39 is 0 Å². The minimum Gasteiger partial charge on any atom is -0.355 e. The zero-order valence-corrected chi connectivity index (χ0v) is 9.81. The van der Waals surface area contributed by atoms with Crippen LogP contribution in [0.3, 0.4) is 0 Å². The summed E-state index contributed by atoms with van der Waals surface area (Å²) in [6, 6.07) is 0. The number of nitrogens with one attached hydrogen (secondary N) is 1. The van der Waals surface area contributed by atoms with Crippen molar-refractivity contribution >= 4 is 5.91 Å². The highest BCUT2D eigenvalue weighted by atomic mass is 16.1. The standard InChI is InChI=1S/C12H22N2O/c1-3-4-5-10-14-12(15)7-6-11(2)8-9-13/h11H,5-10,13H2,1-2H3,(H,14,15). The van der Waals surface area contributed by atoms with E-state index in [0.717, 1.165) is 19.3 Å². The average Bonchev–Trinajstić information content (AvgIpc) is 2.22. The van der Waals surface area contributed by atoms with Crippen molar-refractivity contribution in [3.05, 3.63) is 0 Å². The topological polar surface area (TPSA) is 55.1 Å². The maximum absolute atomic E-state index is 11.3. The third-order valence-electron chi connectivity index (χ3n) is 2.27. The molecule has 1 atom stereocenters. The molecule has 0 aromatic heterocycles. The van der Waals surface area contributed by atoms with Gasteiger partial charge in [-0.15, -0.1) is 11.8 Å². The molecular weight excluding hydrogens is 188 g/mol. The van der Waals surface area contributed by atoms with Crippen molar-refractivity contribution < 1.29 is 4.79 Å². The second kappa shape index (κ2) is 9.54. The molecule has 86 valence electrons. The molecule has 1 amide bonds. The molecule has 0 saturated heterocycles. The van der Waals surface area contributed by atoms with Gasteiger partial charge in [-0.1, -0.05) is 6.92 Å². The second-order valence-corrected chi connectivity index (χ2v) is 3.75. The fraction of sp³-hybridized carbons (Fsp3) is 0.750. The molecule has 15 heavy (non-hydrogen) atoms. The predicted octanol–water partition coefficient (Wildman–Crippen LogP) is 1.28. The summed E-state index contributed by atoms with van der Waals surface area (Å²) in [7, 11) is 0. The van der Waals surface area contributed by atoms with Crippen LogP contribution < -0.4 is 11.1 Å². The van der Waals surface area contributed by atoms with Crippen molar-refractivity contribution in [2.24, 2.45) is 11.7 Å². The van der Waals surface area contributed by atoms with Gasteiger partial charge in [-0.05, 0) is 32.2 Å². The number of carbonyl (C=O) groups is 1.